The molecule has 0 saturated carbocycles. The zero-order valence-corrected chi connectivity index (χ0v) is 28.0. The molecule has 0 unspecified atom stereocenters. The van der Waals surface area contributed by atoms with Crippen LogP contribution in [0.15, 0.2) is 78.9 Å². The third-order valence-electron chi connectivity index (χ3n) is 6.91. The molecule has 0 fully saturated rings. The summed E-state index contributed by atoms with van der Waals surface area (Å²) < 4.78 is 27.0. The van der Waals surface area contributed by atoms with Gasteiger partial charge < -0.3 is 34.3 Å². The van der Waals surface area contributed by atoms with Gasteiger partial charge in [-0.15, -0.1) is 0 Å². The van der Waals surface area contributed by atoms with Gasteiger partial charge in [0.05, 0.1) is 26.9 Å². The molecule has 0 spiro atoms. The molecule has 0 aliphatic rings. The lowest BCUT2D eigenvalue weighted by molar-refractivity contribution is 0.0441. The fourth-order valence-electron chi connectivity index (χ4n) is 4.50. The number of nitrogens with one attached hydrogen (secondary N) is 2. The molecule has 47 heavy (non-hydrogen) atoms. The molecule has 0 heterocycles. The Balaban J connectivity index is 1.58. The summed E-state index contributed by atoms with van der Waals surface area (Å²) in [7, 11) is 3.20. The molecule has 0 aliphatic heterocycles. The Kier molecular flexibility index (Phi) is 14.7. The molecular weight excluding hydrogens is 602 g/mol. The van der Waals surface area contributed by atoms with E-state index in [2.05, 4.69) is 10.6 Å². The number of unbranched alkanes of at least 4 members (excludes halogenated alkanes) is 1. The van der Waals surface area contributed by atoms with E-state index >= 15 is 0 Å². The van der Waals surface area contributed by atoms with E-state index < -0.39 is 29.9 Å². The van der Waals surface area contributed by atoms with E-state index in [0.29, 0.717) is 50.4 Å². The quantitative estimate of drug-likeness (QED) is 0.128. The van der Waals surface area contributed by atoms with Gasteiger partial charge in [-0.2, -0.15) is 0 Å². The minimum absolute atomic E-state index is 0.0712. The standard InChI is InChI=1S/C36H47N3O8/c1-36(2,3)47-34(41)38-30(13-9-10-22-45-33(40)37-23-27-11-7-6-8-12-27)26-46-35(42)39(24-28-14-18-31(43-4)19-15-28)25-29-16-20-32(44-5)21-17-29/h6-8,11-12,14-21,30H,9-10,13,22-26H2,1-5H3,(H,37,40)(H,38,41)/t30-/m0/s1. The number of methoxy groups -OCH3 is 2. The highest BCUT2D eigenvalue weighted by atomic mass is 16.6. The van der Waals surface area contributed by atoms with Crippen LogP contribution in [0, 0.1) is 0 Å². The minimum atomic E-state index is -0.695. The normalized spacial score (nSPS) is 11.5. The number of alkyl carbamates (subject to hydrolysis) is 2. The van der Waals surface area contributed by atoms with Crippen LogP contribution in [-0.4, -0.2) is 62.3 Å². The van der Waals surface area contributed by atoms with Crippen LogP contribution in [-0.2, 0) is 33.8 Å². The van der Waals surface area contributed by atoms with Crippen LogP contribution in [0.4, 0.5) is 14.4 Å². The van der Waals surface area contributed by atoms with Crippen LogP contribution in [0.2, 0.25) is 0 Å². The van der Waals surface area contributed by atoms with Gasteiger partial charge in [0.15, 0.2) is 0 Å². The first kappa shape index (κ1) is 36.5. The van der Waals surface area contributed by atoms with Crippen LogP contribution in [0.25, 0.3) is 0 Å². The summed E-state index contributed by atoms with van der Waals surface area (Å²) >= 11 is 0. The lowest BCUT2D eigenvalue weighted by Crippen LogP contribution is -2.43. The van der Waals surface area contributed by atoms with Gasteiger partial charge in [-0.25, -0.2) is 14.4 Å². The molecular formula is C36H47N3O8. The number of rotatable bonds is 16. The highest BCUT2D eigenvalue weighted by Crippen LogP contribution is 2.18. The van der Waals surface area contributed by atoms with Gasteiger partial charge in [0.1, 0.15) is 23.7 Å². The largest absolute Gasteiger partial charge is 0.497 e. The smallest absolute Gasteiger partial charge is 0.410 e. The van der Waals surface area contributed by atoms with Crippen molar-refractivity contribution in [1.29, 1.82) is 0 Å². The summed E-state index contributed by atoms with van der Waals surface area (Å²) in [6.07, 6.45) is -0.0149. The first-order valence-electron chi connectivity index (χ1n) is 15.7. The number of hydrogen-bond acceptors (Lipinski definition) is 8. The zero-order valence-electron chi connectivity index (χ0n) is 28.0. The predicted molar refractivity (Wildman–Crippen MR) is 178 cm³/mol. The first-order chi connectivity index (χ1) is 22.5. The Hall–Kier alpha value is -4.93. The molecule has 0 bridgehead atoms. The molecule has 0 radical (unpaired) electrons. The lowest BCUT2D eigenvalue weighted by atomic mass is 10.1. The molecule has 254 valence electrons. The van der Waals surface area contributed by atoms with Crippen molar-refractivity contribution in [2.24, 2.45) is 0 Å². The summed E-state index contributed by atoms with van der Waals surface area (Å²) in [5.74, 6) is 1.43. The Morgan fingerprint density at radius 1 is 0.723 bits per heavy atom. The maximum Gasteiger partial charge on any atom is 0.410 e. The molecule has 0 aromatic heterocycles. The molecule has 11 nitrogen and oxygen atoms in total. The third-order valence-corrected chi connectivity index (χ3v) is 6.91. The number of hydrogen-bond donors (Lipinski definition) is 2. The van der Waals surface area contributed by atoms with Gasteiger partial charge in [-0.3, -0.25) is 4.90 Å². The van der Waals surface area contributed by atoms with E-state index in [9.17, 15) is 14.4 Å². The number of carbonyl (C=O) groups excluding carboxylic acids is 3. The van der Waals surface area contributed by atoms with Gasteiger partial charge in [0.25, 0.3) is 0 Å². The minimum Gasteiger partial charge on any atom is -0.497 e. The SMILES string of the molecule is COc1ccc(CN(Cc2ccc(OC)cc2)C(=O)OC[C@H](CCCCOC(=O)NCc2ccccc2)NC(=O)OC(C)(C)C)cc1. The van der Waals surface area contributed by atoms with Gasteiger partial charge in [-0.05, 0) is 81.0 Å². The second kappa shape index (κ2) is 18.9. The first-order valence-corrected chi connectivity index (χ1v) is 15.7. The fraction of sp³-hybridized carbons (Fsp3) is 0.417. The predicted octanol–water partition coefficient (Wildman–Crippen LogP) is 6.83. The third kappa shape index (κ3) is 14.4. The number of amides is 3. The zero-order chi connectivity index (χ0) is 34.1. The molecule has 3 aromatic carbocycles. The second-order valence-corrected chi connectivity index (χ2v) is 11.9. The maximum absolute atomic E-state index is 13.5. The number of carbonyl (C=O) groups is 3. The fourth-order valence-corrected chi connectivity index (χ4v) is 4.50. The second-order valence-electron chi connectivity index (χ2n) is 11.9. The van der Waals surface area contributed by atoms with Crippen molar-refractivity contribution in [1.82, 2.24) is 15.5 Å². The monoisotopic (exact) mass is 649 g/mol. The van der Waals surface area contributed by atoms with Gasteiger partial charge in [0.2, 0.25) is 0 Å². The summed E-state index contributed by atoms with van der Waals surface area (Å²) in [6, 6.07) is 24.0. The Labute approximate surface area is 277 Å². The average molecular weight is 650 g/mol. The lowest BCUT2D eigenvalue weighted by Gasteiger charge is -2.26. The van der Waals surface area contributed by atoms with E-state index in [1.165, 1.54) is 0 Å². The van der Waals surface area contributed by atoms with E-state index in [0.717, 1.165) is 16.7 Å². The summed E-state index contributed by atoms with van der Waals surface area (Å²) in [4.78, 5) is 39.8. The van der Waals surface area contributed by atoms with Gasteiger partial charge in [0, 0.05) is 19.6 Å². The van der Waals surface area contributed by atoms with Gasteiger partial charge in [-0.1, -0.05) is 54.6 Å². The Bertz CT molecular complexity index is 1330. The Morgan fingerprint density at radius 3 is 1.83 bits per heavy atom. The van der Waals surface area contributed by atoms with Crippen molar-refractivity contribution < 1.29 is 38.1 Å². The molecule has 3 rings (SSSR count). The number of benzene rings is 3. The van der Waals surface area contributed by atoms with Crippen molar-refractivity contribution in [3.63, 3.8) is 0 Å². The van der Waals surface area contributed by atoms with Crippen LogP contribution in [0.5, 0.6) is 11.5 Å². The molecule has 2 N–H and O–H groups in total. The number of nitrogens with zero attached hydrogens (tertiary/aromatic N) is 1. The van der Waals surface area contributed by atoms with Crippen LogP contribution in [0.1, 0.15) is 56.7 Å². The highest BCUT2D eigenvalue weighted by Gasteiger charge is 2.23. The molecule has 11 heteroatoms. The molecule has 3 amide bonds. The van der Waals surface area contributed by atoms with E-state index in [1.54, 1.807) is 39.9 Å². The molecule has 0 saturated heterocycles. The van der Waals surface area contributed by atoms with Crippen molar-refractivity contribution in [2.45, 2.75) is 71.3 Å². The van der Waals surface area contributed by atoms with Crippen LogP contribution in [0.3, 0.4) is 0 Å². The topological polar surface area (TPSA) is 125 Å². The van der Waals surface area contributed by atoms with Crippen LogP contribution < -0.4 is 20.1 Å². The molecule has 0 aliphatic carbocycles. The maximum atomic E-state index is 13.5. The van der Waals surface area contributed by atoms with E-state index in [-0.39, 0.29) is 13.2 Å². The van der Waals surface area contributed by atoms with Gasteiger partial charge >= 0.3 is 18.3 Å². The van der Waals surface area contributed by atoms with Crippen molar-refractivity contribution in [3.8, 4) is 11.5 Å². The van der Waals surface area contributed by atoms with Crippen molar-refractivity contribution >= 4 is 18.3 Å². The molecule has 1 atom stereocenters. The summed E-state index contributed by atoms with van der Waals surface area (Å²) in [5, 5.41) is 5.55. The summed E-state index contributed by atoms with van der Waals surface area (Å²) in [5.41, 5.74) is 2.07. The van der Waals surface area contributed by atoms with Crippen molar-refractivity contribution in [3.05, 3.63) is 95.6 Å². The summed E-state index contributed by atoms with van der Waals surface area (Å²) in [6.45, 7) is 6.43. The Morgan fingerprint density at radius 2 is 1.30 bits per heavy atom. The highest BCUT2D eigenvalue weighted by molar-refractivity contribution is 5.69. The average Bonchev–Trinajstić information content (AvgIpc) is 3.05. The van der Waals surface area contributed by atoms with Crippen LogP contribution >= 0.6 is 0 Å². The molecule has 3 aromatic rings. The van der Waals surface area contributed by atoms with E-state index in [1.807, 2.05) is 78.9 Å². The van der Waals surface area contributed by atoms with E-state index in [4.69, 9.17) is 23.7 Å². The van der Waals surface area contributed by atoms with Crippen molar-refractivity contribution in [2.75, 3.05) is 27.4 Å². The number of ether oxygens (including phenoxy) is 5.